The van der Waals surface area contributed by atoms with Crippen LogP contribution in [0.1, 0.15) is 33.3 Å². The minimum Gasteiger partial charge on any atom is -0.267 e. The summed E-state index contributed by atoms with van der Waals surface area (Å²) in [6.07, 6.45) is 3.35. The van der Waals surface area contributed by atoms with Crippen LogP contribution in [0.15, 0.2) is 61.1 Å². The normalized spacial score (nSPS) is 10.6. The second-order valence-corrected chi connectivity index (χ2v) is 6.46. The lowest BCUT2D eigenvalue weighted by Gasteiger charge is -2.10. The number of nitrogens with zero attached hydrogens (tertiary/aromatic N) is 6. The van der Waals surface area contributed by atoms with Gasteiger partial charge in [-0.1, -0.05) is 6.92 Å². The van der Waals surface area contributed by atoms with Gasteiger partial charge in [-0.3, -0.25) is 20.4 Å². The summed E-state index contributed by atoms with van der Waals surface area (Å²) in [6, 6.07) is 12.3. The number of hydrogen-bond acceptors (Lipinski definition) is 6. The third-order valence-corrected chi connectivity index (χ3v) is 4.55. The quantitative estimate of drug-likeness (QED) is 0.474. The number of amides is 2. The maximum Gasteiger partial charge on any atom is 0.273 e. The van der Waals surface area contributed by atoms with Gasteiger partial charge in [0.25, 0.3) is 11.8 Å². The third-order valence-electron chi connectivity index (χ3n) is 4.55. The first-order valence-electron chi connectivity index (χ1n) is 9.33. The van der Waals surface area contributed by atoms with E-state index in [0.717, 1.165) is 0 Å². The van der Waals surface area contributed by atoms with Crippen LogP contribution in [-0.4, -0.2) is 41.8 Å². The lowest BCUT2D eigenvalue weighted by atomic mass is 10.2. The fourth-order valence-corrected chi connectivity index (χ4v) is 3.01. The zero-order valence-electron chi connectivity index (χ0n) is 16.4. The number of rotatable bonds is 5. The van der Waals surface area contributed by atoms with Crippen molar-refractivity contribution in [3.63, 3.8) is 0 Å². The molecule has 0 atom stereocenters. The molecular weight excluding hydrogens is 403 g/mol. The van der Waals surface area contributed by atoms with Crippen molar-refractivity contribution in [2.75, 3.05) is 0 Å². The van der Waals surface area contributed by atoms with Crippen LogP contribution in [0.4, 0.5) is 4.39 Å². The van der Waals surface area contributed by atoms with Crippen molar-refractivity contribution in [3.8, 4) is 11.4 Å². The Labute approximate surface area is 175 Å². The fourth-order valence-electron chi connectivity index (χ4n) is 3.01. The van der Waals surface area contributed by atoms with Crippen molar-refractivity contribution in [3.05, 3.63) is 83.7 Å². The Balaban J connectivity index is 1.44. The Morgan fingerprint density at radius 3 is 2.29 bits per heavy atom. The third kappa shape index (κ3) is 4.15. The lowest BCUT2D eigenvalue weighted by Crippen LogP contribution is -2.41. The van der Waals surface area contributed by atoms with Gasteiger partial charge in [-0.25, -0.2) is 13.8 Å². The number of hydrazine groups is 1. The summed E-state index contributed by atoms with van der Waals surface area (Å²) in [5, 5.41) is 15.1. The first-order chi connectivity index (χ1) is 15.1. The predicted molar refractivity (Wildman–Crippen MR) is 107 cm³/mol. The number of halogens is 1. The van der Waals surface area contributed by atoms with Gasteiger partial charge in [0.15, 0.2) is 0 Å². The molecule has 0 saturated carbocycles. The van der Waals surface area contributed by atoms with Gasteiger partial charge in [-0.05, 0) is 65.4 Å². The van der Waals surface area contributed by atoms with Gasteiger partial charge in [0.05, 0.1) is 28.8 Å². The van der Waals surface area contributed by atoms with E-state index in [1.54, 1.807) is 41.1 Å². The van der Waals surface area contributed by atoms with E-state index in [0.29, 0.717) is 34.6 Å². The number of carbonyl (C=O) groups excluding carboxylic acids is 2. The molecule has 4 rings (SSSR count). The van der Waals surface area contributed by atoms with E-state index < -0.39 is 11.8 Å². The molecule has 2 amide bonds. The van der Waals surface area contributed by atoms with Gasteiger partial charge in [0.1, 0.15) is 12.1 Å². The standard InChI is InChI=1S/C20H17FN8O2/c1-2-18-17(11-23-29(18)16-9-5-14(21)6-10-16)20(31)25-24-19(30)13-3-7-15(8-4-13)28-12-22-26-27-28/h3-12H,2H2,1H3,(H,24,30)(H,25,31). The Morgan fingerprint density at radius 2 is 1.65 bits per heavy atom. The molecular formula is C20H17FN8O2. The monoisotopic (exact) mass is 420 g/mol. The molecule has 0 aliphatic rings. The largest absolute Gasteiger partial charge is 0.273 e. The van der Waals surface area contributed by atoms with Crippen molar-refractivity contribution in [2.45, 2.75) is 13.3 Å². The average molecular weight is 420 g/mol. The Morgan fingerprint density at radius 1 is 0.968 bits per heavy atom. The molecule has 10 nitrogen and oxygen atoms in total. The van der Waals surface area contributed by atoms with E-state index in [2.05, 4.69) is 31.5 Å². The number of carbonyl (C=O) groups is 2. The molecule has 31 heavy (non-hydrogen) atoms. The molecule has 0 aliphatic heterocycles. The summed E-state index contributed by atoms with van der Waals surface area (Å²) < 4.78 is 16.2. The summed E-state index contributed by atoms with van der Waals surface area (Å²) in [4.78, 5) is 25.0. The van der Waals surface area contributed by atoms with Gasteiger partial charge in [0.2, 0.25) is 0 Å². The van der Waals surface area contributed by atoms with Crippen molar-refractivity contribution >= 4 is 11.8 Å². The van der Waals surface area contributed by atoms with Crippen LogP contribution < -0.4 is 10.9 Å². The van der Waals surface area contributed by atoms with Crippen LogP contribution in [0.25, 0.3) is 11.4 Å². The molecule has 0 saturated heterocycles. The minimum atomic E-state index is -0.510. The summed E-state index contributed by atoms with van der Waals surface area (Å²) in [7, 11) is 0. The fraction of sp³-hybridized carbons (Fsp3) is 0.100. The molecule has 0 unspecified atom stereocenters. The van der Waals surface area contributed by atoms with Crippen molar-refractivity contribution in [1.82, 2.24) is 40.8 Å². The van der Waals surface area contributed by atoms with Crippen LogP contribution in [0.2, 0.25) is 0 Å². The summed E-state index contributed by atoms with van der Waals surface area (Å²) in [6.45, 7) is 1.87. The highest BCUT2D eigenvalue weighted by Gasteiger charge is 2.18. The van der Waals surface area contributed by atoms with Crippen LogP contribution in [0.5, 0.6) is 0 Å². The first kappa shape index (κ1) is 19.9. The zero-order chi connectivity index (χ0) is 21.8. The van der Waals surface area contributed by atoms with Gasteiger partial charge in [-0.2, -0.15) is 5.10 Å². The van der Waals surface area contributed by atoms with Gasteiger partial charge in [0, 0.05) is 5.56 Å². The van der Waals surface area contributed by atoms with Crippen LogP contribution in [0, 0.1) is 5.82 Å². The van der Waals surface area contributed by atoms with Crippen molar-refractivity contribution in [1.29, 1.82) is 0 Å². The number of benzene rings is 2. The maximum absolute atomic E-state index is 13.2. The van der Waals surface area contributed by atoms with E-state index in [-0.39, 0.29) is 5.82 Å². The Kier molecular flexibility index (Phi) is 5.47. The van der Waals surface area contributed by atoms with Gasteiger partial charge < -0.3 is 0 Å². The van der Waals surface area contributed by atoms with E-state index in [4.69, 9.17) is 0 Å². The highest BCUT2D eigenvalue weighted by molar-refractivity contribution is 5.99. The SMILES string of the molecule is CCc1c(C(=O)NNC(=O)c2ccc(-n3cnnn3)cc2)cnn1-c1ccc(F)cc1. The molecule has 156 valence electrons. The van der Waals surface area contributed by atoms with E-state index >= 15 is 0 Å². The Hall–Kier alpha value is -4.41. The summed E-state index contributed by atoms with van der Waals surface area (Å²) >= 11 is 0. The minimum absolute atomic E-state index is 0.307. The second kappa shape index (κ2) is 8.53. The molecule has 2 aromatic carbocycles. The molecule has 0 fully saturated rings. The van der Waals surface area contributed by atoms with E-state index in [1.165, 1.54) is 29.3 Å². The number of nitrogens with one attached hydrogen (secondary N) is 2. The molecule has 2 aromatic heterocycles. The smallest absolute Gasteiger partial charge is 0.267 e. The molecule has 2 N–H and O–H groups in total. The number of aromatic nitrogens is 6. The van der Waals surface area contributed by atoms with Gasteiger partial charge in [-0.15, -0.1) is 5.10 Å². The van der Waals surface area contributed by atoms with Crippen molar-refractivity contribution < 1.29 is 14.0 Å². The number of hydrogen-bond donors (Lipinski definition) is 2. The van der Waals surface area contributed by atoms with E-state index in [1.807, 2.05) is 6.92 Å². The van der Waals surface area contributed by atoms with Crippen LogP contribution in [0.3, 0.4) is 0 Å². The van der Waals surface area contributed by atoms with Crippen LogP contribution in [-0.2, 0) is 6.42 Å². The predicted octanol–water partition coefficient (Wildman–Crippen LogP) is 1.62. The molecule has 0 radical (unpaired) electrons. The molecule has 4 aromatic rings. The second-order valence-electron chi connectivity index (χ2n) is 6.46. The highest BCUT2D eigenvalue weighted by atomic mass is 19.1. The summed E-state index contributed by atoms with van der Waals surface area (Å²) in [5.74, 6) is -1.36. The molecule has 0 spiro atoms. The average Bonchev–Trinajstić information content (AvgIpc) is 3.48. The number of tetrazole rings is 1. The first-order valence-corrected chi connectivity index (χ1v) is 9.33. The maximum atomic E-state index is 13.2. The molecule has 11 heteroatoms. The lowest BCUT2D eigenvalue weighted by molar-refractivity contribution is 0.0846. The zero-order valence-corrected chi connectivity index (χ0v) is 16.4. The van der Waals surface area contributed by atoms with Crippen LogP contribution >= 0.6 is 0 Å². The topological polar surface area (TPSA) is 120 Å². The molecule has 2 heterocycles. The molecule has 0 aliphatic carbocycles. The van der Waals surface area contributed by atoms with E-state index in [9.17, 15) is 14.0 Å². The molecule has 0 bridgehead atoms. The van der Waals surface area contributed by atoms with Gasteiger partial charge >= 0.3 is 0 Å². The summed E-state index contributed by atoms with van der Waals surface area (Å²) in [5.41, 5.74) is 7.38. The van der Waals surface area contributed by atoms with Crippen molar-refractivity contribution in [2.24, 2.45) is 0 Å². The highest BCUT2D eigenvalue weighted by Crippen LogP contribution is 2.16. The Bertz CT molecular complexity index is 1200.